The zero-order chi connectivity index (χ0) is 19.4. The van der Waals surface area contributed by atoms with Crippen molar-refractivity contribution < 1.29 is 13.6 Å². The van der Waals surface area contributed by atoms with E-state index < -0.39 is 17.7 Å². The predicted molar refractivity (Wildman–Crippen MR) is 97.6 cm³/mol. The highest BCUT2D eigenvalue weighted by molar-refractivity contribution is 5.91. The van der Waals surface area contributed by atoms with Crippen LogP contribution in [0.25, 0.3) is 16.7 Å². The first-order valence-corrected chi connectivity index (χ1v) is 8.73. The van der Waals surface area contributed by atoms with Crippen molar-refractivity contribution >= 4 is 22.8 Å². The number of fused-ring (bicyclic) bond motifs is 1. The molecule has 27 heavy (non-hydrogen) atoms. The lowest BCUT2D eigenvalue weighted by atomic mass is 10.2. The number of rotatable bonds is 7. The summed E-state index contributed by atoms with van der Waals surface area (Å²) in [5, 5.41) is 10.7. The highest BCUT2D eigenvalue weighted by Crippen LogP contribution is 2.23. The third-order valence-electron chi connectivity index (χ3n) is 4.10. The molecule has 142 valence electrons. The number of amides is 1. The highest BCUT2D eigenvalue weighted by atomic mass is 19.2. The van der Waals surface area contributed by atoms with Crippen LogP contribution in [0.5, 0.6) is 0 Å². The predicted octanol–water partition coefficient (Wildman–Crippen LogP) is 2.81. The van der Waals surface area contributed by atoms with E-state index in [0.717, 1.165) is 18.6 Å². The minimum atomic E-state index is -0.970. The van der Waals surface area contributed by atoms with E-state index in [1.54, 1.807) is 0 Å². The molecule has 2 aromatic heterocycles. The Labute approximate surface area is 154 Å². The summed E-state index contributed by atoms with van der Waals surface area (Å²) in [4.78, 5) is 20.7. The maximum atomic E-state index is 13.6. The van der Waals surface area contributed by atoms with E-state index in [2.05, 4.69) is 25.7 Å². The third kappa shape index (κ3) is 3.86. The van der Waals surface area contributed by atoms with Gasteiger partial charge < -0.3 is 10.6 Å². The van der Waals surface area contributed by atoms with E-state index in [0.29, 0.717) is 35.5 Å². The summed E-state index contributed by atoms with van der Waals surface area (Å²) in [5.41, 5.74) is 0.753. The number of carbonyl (C=O) groups is 1. The summed E-state index contributed by atoms with van der Waals surface area (Å²) in [6.07, 6.45) is 4.27. The standard InChI is InChI=1S/C18H20F2N6O/c1-3-7-21-18(27)15(4-2)25-16-12-9-24-26(17(12)23-10-22-16)11-5-6-13(19)14(20)8-11/h5-6,8-10,15H,3-4,7H2,1-2H3,(H,21,27)(H,22,23,25)/t15-/m0/s1. The Morgan fingerprint density at radius 1 is 1.22 bits per heavy atom. The number of halogens is 2. The second-order valence-corrected chi connectivity index (χ2v) is 6.01. The fourth-order valence-electron chi connectivity index (χ4n) is 2.65. The molecule has 0 radical (unpaired) electrons. The van der Waals surface area contributed by atoms with E-state index in [1.165, 1.54) is 23.3 Å². The van der Waals surface area contributed by atoms with E-state index >= 15 is 0 Å². The lowest BCUT2D eigenvalue weighted by Gasteiger charge is -2.17. The Morgan fingerprint density at radius 3 is 2.74 bits per heavy atom. The summed E-state index contributed by atoms with van der Waals surface area (Å²) in [6, 6.07) is 3.03. The van der Waals surface area contributed by atoms with Crippen LogP contribution in [-0.2, 0) is 4.79 Å². The monoisotopic (exact) mass is 374 g/mol. The molecule has 0 bridgehead atoms. The second-order valence-electron chi connectivity index (χ2n) is 6.01. The van der Waals surface area contributed by atoms with Gasteiger partial charge in [-0.25, -0.2) is 23.4 Å². The van der Waals surface area contributed by atoms with Crippen molar-refractivity contribution in [3.63, 3.8) is 0 Å². The molecule has 1 aromatic carbocycles. The molecule has 2 heterocycles. The van der Waals surface area contributed by atoms with Gasteiger partial charge in [0.15, 0.2) is 17.3 Å². The second kappa shape index (κ2) is 8.07. The van der Waals surface area contributed by atoms with E-state index in [-0.39, 0.29) is 5.91 Å². The van der Waals surface area contributed by atoms with Crippen molar-refractivity contribution in [3.8, 4) is 5.69 Å². The van der Waals surface area contributed by atoms with Gasteiger partial charge in [0.2, 0.25) is 5.91 Å². The molecule has 0 fully saturated rings. The van der Waals surface area contributed by atoms with Crippen molar-refractivity contribution in [3.05, 3.63) is 42.4 Å². The molecule has 0 spiro atoms. The minimum absolute atomic E-state index is 0.112. The average Bonchev–Trinajstić information content (AvgIpc) is 3.11. The quantitative estimate of drug-likeness (QED) is 0.664. The van der Waals surface area contributed by atoms with Gasteiger partial charge in [-0.2, -0.15) is 5.10 Å². The lowest BCUT2D eigenvalue weighted by Crippen LogP contribution is -2.39. The van der Waals surface area contributed by atoms with Gasteiger partial charge in [-0.15, -0.1) is 0 Å². The number of anilines is 1. The van der Waals surface area contributed by atoms with Crippen molar-refractivity contribution in [2.75, 3.05) is 11.9 Å². The molecule has 3 rings (SSSR count). The van der Waals surface area contributed by atoms with Gasteiger partial charge >= 0.3 is 0 Å². The number of nitrogens with one attached hydrogen (secondary N) is 2. The Bertz CT molecular complexity index is 958. The van der Waals surface area contributed by atoms with E-state index in [1.807, 2.05) is 13.8 Å². The first-order valence-electron chi connectivity index (χ1n) is 8.73. The van der Waals surface area contributed by atoms with Crippen LogP contribution in [0.2, 0.25) is 0 Å². The maximum absolute atomic E-state index is 13.6. The van der Waals surface area contributed by atoms with Gasteiger partial charge in [0.05, 0.1) is 17.3 Å². The fraction of sp³-hybridized carbons (Fsp3) is 0.333. The van der Waals surface area contributed by atoms with Crippen LogP contribution in [0.3, 0.4) is 0 Å². The van der Waals surface area contributed by atoms with Gasteiger partial charge in [-0.3, -0.25) is 4.79 Å². The van der Waals surface area contributed by atoms with Crippen molar-refractivity contribution in [2.45, 2.75) is 32.7 Å². The third-order valence-corrected chi connectivity index (χ3v) is 4.10. The zero-order valence-corrected chi connectivity index (χ0v) is 15.0. The first kappa shape index (κ1) is 18.7. The van der Waals surface area contributed by atoms with Gasteiger partial charge in [-0.05, 0) is 25.0 Å². The van der Waals surface area contributed by atoms with Gasteiger partial charge in [0.25, 0.3) is 0 Å². The summed E-state index contributed by atoms with van der Waals surface area (Å²) >= 11 is 0. The smallest absolute Gasteiger partial charge is 0.242 e. The molecule has 0 aliphatic carbocycles. The first-order chi connectivity index (χ1) is 13.0. The van der Waals surface area contributed by atoms with E-state index in [9.17, 15) is 13.6 Å². The van der Waals surface area contributed by atoms with Gasteiger partial charge in [0, 0.05) is 12.6 Å². The van der Waals surface area contributed by atoms with Gasteiger partial charge in [0.1, 0.15) is 18.2 Å². The zero-order valence-electron chi connectivity index (χ0n) is 15.0. The van der Waals surface area contributed by atoms with Crippen LogP contribution in [0.15, 0.2) is 30.7 Å². The SMILES string of the molecule is CCCNC(=O)[C@H](CC)Nc1ncnc2c1cnn2-c1ccc(F)c(F)c1. The normalized spacial score (nSPS) is 12.1. The summed E-state index contributed by atoms with van der Waals surface area (Å²) < 4.78 is 28.1. The molecular formula is C18H20F2N6O. The molecule has 0 aliphatic heterocycles. The fourth-order valence-corrected chi connectivity index (χ4v) is 2.65. The topological polar surface area (TPSA) is 84.7 Å². The van der Waals surface area contributed by atoms with Crippen LogP contribution in [-0.4, -0.2) is 38.2 Å². The van der Waals surface area contributed by atoms with Crippen LogP contribution in [0, 0.1) is 11.6 Å². The molecule has 2 N–H and O–H groups in total. The number of benzene rings is 1. The molecule has 0 saturated carbocycles. The summed E-state index contributed by atoms with van der Waals surface area (Å²) in [7, 11) is 0. The minimum Gasteiger partial charge on any atom is -0.358 e. The number of nitrogens with zero attached hydrogens (tertiary/aromatic N) is 4. The molecule has 7 nitrogen and oxygen atoms in total. The number of carbonyl (C=O) groups excluding carboxylic acids is 1. The highest BCUT2D eigenvalue weighted by Gasteiger charge is 2.19. The molecule has 1 atom stereocenters. The van der Waals surface area contributed by atoms with Crippen LogP contribution >= 0.6 is 0 Å². The molecule has 1 amide bonds. The Balaban J connectivity index is 1.93. The molecule has 3 aromatic rings. The van der Waals surface area contributed by atoms with Crippen LogP contribution < -0.4 is 10.6 Å². The van der Waals surface area contributed by atoms with E-state index in [4.69, 9.17) is 0 Å². The summed E-state index contributed by atoms with van der Waals surface area (Å²) in [5.74, 6) is -1.57. The molecule has 0 unspecified atom stereocenters. The maximum Gasteiger partial charge on any atom is 0.242 e. The molecule has 0 aliphatic rings. The number of hydrogen-bond donors (Lipinski definition) is 2. The average molecular weight is 374 g/mol. The van der Waals surface area contributed by atoms with Crippen LogP contribution in [0.4, 0.5) is 14.6 Å². The largest absolute Gasteiger partial charge is 0.358 e. The van der Waals surface area contributed by atoms with Crippen molar-refractivity contribution in [1.82, 2.24) is 25.1 Å². The summed E-state index contributed by atoms with van der Waals surface area (Å²) in [6.45, 7) is 4.48. The number of hydrogen-bond acceptors (Lipinski definition) is 5. The Kier molecular flexibility index (Phi) is 5.58. The van der Waals surface area contributed by atoms with Gasteiger partial charge in [-0.1, -0.05) is 13.8 Å². The molecule has 0 saturated heterocycles. The number of aromatic nitrogens is 4. The van der Waals surface area contributed by atoms with Crippen molar-refractivity contribution in [1.29, 1.82) is 0 Å². The molecular weight excluding hydrogens is 354 g/mol. The van der Waals surface area contributed by atoms with Crippen molar-refractivity contribution in [2.24, 2.45) is 0 Å². The van der Waals surface area contributed by atoms with Crippen LogP contribution in [0.1, 0.15) is 26.7 Å². The Hall–Kier alpha value is -3.10. The Morgan fingerprint density at radius 2 is 2.04 bits per heavy atom. The molecule has 9 heteroatoms. The lowest BCUT2D eigenvalue weighted by molar-refractivity contribution is -0.121.